The number of methoxy groups -OCH3 is 1. The van der Waals surface area contributed by atoms with E-state index in [9.17, 15) is 14.0 Å². The lowest BCUT2D eigenvalue weighted by atomic mass is 10.0. The third-order valence-electron chi connectivity index (χ3n) is 3.86. The number of rotatable bonds is 4. The van der Waals surface area contributed by atoms with Gasteiger partial charge in [-0.1, -0.05) is 36.4 Å². The van der Waals surface area contributed by atoms with Gasteiger partial charge >= 0.3 is 6.03 Å². The summed E-state index contributed by atoms with van der Waals surface area (Å²) in [5.41, 5.74) is 2.37. The van der Waals surface area contributed by atoms with Crippen LogP contribution in [0, 0.1) is 5.82 Å². The summed E-state index contributed by atoms with van der Waals surface area (Å²) in [5.74, 6) is -0.667. The Kier molecular flexibility index (Phi) is 5.47. The summed E-state index contributed by atoms with van der Waals surface area (Å²) < 4.78 is 18.6. The Balaban J connectivity index is 1.72. The van der Waals surface area contributed by atoms with Crippen molar-refractivity contribution in [2.75, 3.05) is 12.4 Å². The summed E-state index contributed by atoms with van der Waals surface area (Å²) in [5, 5.41) is 4.73. The van der Waals surface area contributed by atoms with E-state index in [1.165, 1.54) is 18.2 Å². The molecule has 0 atom stereocenters. The fourth-order valence-corrected chi connectivity index (χ4v) is 2.59. The molecule has 5 nitrogen and oxygen atoms in total. The Morgan fingerprint density at radius 2 is 1.70 bits per heavy atom. The average Bonchev–Trinajstić information content (AvgIpc) is 2.68. The Hall–Kier alpha value is -3.67. The lowest BCUT2D eigenvalue weighted by Gasteiger charge is -2.12. The predicted molar refractivity (Wildman–Crippen MR) is 101 cm³/mol. The minimum atomic E-state index is -0.723. The minimum absolute atomic E-state index is 0.0576. The molecule has 27 heavy (non-hydrogen) atoms. The molecule has 0 fully saturated rings. The number of benzene rings is 3. The van der Waals surface area contributed by atoms with Crippen LogP contribution in [-0.4, -0.2) is 19.0 Å². The highest BCUT2D eigenvalue weighted by Crippen LogP contribution is 2.32. The van der Waals surface area contributed by atoms with E-state index in [4.69, 9.17) is 4.74 Å². The molecule has 0 aliphatic heterocycles. The number of urea groups is 1. The van der Waals surface area contributed by atoms with Gasteiger partial charge in [-0.3, -0.25) is 10.1 Å². The number of amides is 3. The highest BCUT2D eigenvalue weighted by Gasteiger charge is 2.12. The van der Waals surface area contributed by atoms with Crippen molar-refractivity contribution in [3.05, 3.63) is 84.2 Å². The van der Waals surface area contributed by atoms with E-state index in [0.29, 0.717) is 11.4 Å². The van der Waals surface area contributed by atoms with Gasteiger partial charge in [-0.2, -0.15) is 0 Å². The van der Waals surface area contributed by atoms with Gasteiger partial charge in [0.15, 0.2) is 0 Å². The first-order chi connectivity index (χ1) is 13.1. The van der Waals surface area contributed by atoms with Crippen LogP contribution in [0.25, 0.3) is 11.1 Å². The Bertz CT molecular complexity index is 974. The van der Waals surface area contributed by atoms with Gasteiger partial charge in [0.1, 0.15) is 11.6 Å². The van der Waals surface area contributed by atoms with Gasteiger partial charge in [0, 0.05) is 22.9 Å². The molecular formula is C21H17FN2O3. The topological polar surface area (TPSA) is 67.4 Å². The normalized spacial score (nSPS) is 10.1. The van der Waals surface area contributed by atoms with Crippen LogP contribution in [0.5, 0.6) is 5.75 Å². The van der Waals surface area contributed by atoms with E-state index < -0.39 is 17.8 Å². The van der Waals surface area contributed by atoms with Crippen LogP contribution in [0.2, 0.25) is 0 Å². The molecule has 0 radical (unpaired) electrons. The second kappa shape index (κ2) is 8.14. The van der Waals surface area contributed by atoms with Gasteiger partial charge in [0.25, 0.3) is 5.91 Å². The fraction of sp³-hybridized carbons (Fsp3) is 0.0476. The molecular weight excluding hydrogens is 347 g/mol. The van der Waals surface area contributed by atoms with Crippen molar-refractivity contribution in [1.82, 2.24) is 5.32 Å². The molecule has 3 amide bonds. The van der Waals surface area contributed by atoms with Gasteiger partial charge in [-0.05, 0) is 35.9 Å². The number of carbonyl (C=O) groups is 2. The number of carbonyl (C=O) groups excluding carboxylic acids is 2. The third kappa shape index (κ3) is 4.49. The largest absolute Gasteiger partial charge is 0.496 e. The van der Waals surface area contributed by atoms with Crippen molar-refractivity contribution in [2.24, 2.45) is 0 Å². The molecule has 0 unspecified atom stereocenters. The molecule has 3 rings (SSSR count). The molecule has 0 saturated heterocycles. The second-order valence-electron chi connectivity index (χ2n) is 5.70. The highest BCUT2D eigenvalue weighted by atomic mass is 19.1. The van der Waals surface area contributed by atoms with Crippen LogP contribution < -0.4 is 15.4 Å². The third-order valence-corrected chi connectivity index (χ3v) is 3.86. The van der Waals surface area contributed by atoms with E-state index in [-0.39, 0.29) is 5.56 Å². The molecule has 0 aliphatic rings. The maximum Gasteiger partial charge on any atom is 0.326 e. The zero-order valence-corrected chi connectivity index (χ0v) is 14.5. The van der Waals surface area contributed by atoms with Crippen LogP contribution in [0.3, 0.4) is 0 Å². The highest BCUT2D eigenvalue weighted by molar-refractivity contribution is 6.08. The Morgan fingerprint density at radius 1 is 0.926 bits per heavy atom. The molecule has 6 heteroatoms. The monoisotopic (exact) mass is 364 g/mol. The van der Waals surface area contributed by atoms with Crippen molar-refractivity contribution in [1.29, 1.82) is 0 Å². The first-order valence-electron chi connectivity index (χ1n) is 8.18. The van der Waals surface area contributed by atoms with Crippen molar-refractivity contribution < 1.29 is 18.7 Å². The fourth-order valence-electron chi connectivity index (χ4n) is 2.59. The molecule has 0 aliphatic carbocycles. The van der Waals surface area contributed by atoms with Crippen LogP contribution in [0.4, 0.5) is 14.9 Å². The van der Waals surface area contributed by atoms with Crippen LogP contribution >= 0.6 is 0 Å². The summed E-state index contributed by atoms with van der Waals surface area (Å²) in [6.45, 7) is 0. The molecule has 0 spiro atoms. The first-order valence-corrected chi connectivity index (χ1v) is 8.18. The SMILES string of the molecule is COc1cc(NC(=O)NC(=O)c2cccc(F)c2)ccc1-c1ccccc1. The van der Waals surface area contributed by atoms with Gasteiger partial charge in [-0.15, -0.1) is 0 Å². The van der Waals surface area contributed by atoms with Gasteiger partial charge < -0.3 is 10.1 Å². The Morgan fingerprint density at radius 3 is 2.41 bits per heavy atom. The van der Waals surface area contributed by atoms with Crippen molar-refractivity contribution in [3.63, 3.8) is 0 Å². The first kappa shape index (κ1) is 18.1. The summed E-state index contributed by atoms with van der Waals surface area (Å²) in [6, 6.07) is 19.2. The molecule has 0 bridgehead atoms. The zero-order chi connectivity index (χ0) is 19.2. The van der Waals surface area contributed by atoms with E-state index in [1.54, 1.807) is 19.2 Å². The van der Waals surface area contributed by atoms with Crippen LogP contribution in [0.1, 0.15) is 10.4 Å². The minimum Gasteiger partial charge on any atom is -0.496 e. The number of anilines is 1. The number of halogens is 1. The Labute approximate surface area is 155 Å². The van der Waals surface area contributed by atoms with Crippen LogP contribution in [0.15, 0.2) is 72.8 Å². The number of hydrogen-bond acceptors (Lipinski definition) is 3. The standard InChI is InChI=1S/C21H17FN2O3/c1-27-19-13-17(10-11-18(19)14-6-3-2-4-7-14)23-21(26)24-20(25)15-8-5-9-16(22)12-15/h2-13H,1H3,(H2,23,24,25,26). The molecule has 2 N–H and O–H groups in total. The zero-order valence-electron chi connectivity index (χ0n) is 14.5. The van der Waals surface area contributed by atoms with Crippen molar-refractivity contribution >= 4 is 17.6 Å². The van der Waals surface area contributed by atoms with E-state index in [0.717, 1.165) is 17.2 Å². The van der Waals surface area contributed by atoms with Gasteiger partial charge in [0.2, 0.25) is 0 Å². The average molecular weight is 364 g/mol. The molecule has 3 aromatic rings. The number of ether oxygens (including phenoxy) is 1. The van der Waals surface area contributed by atoms with Crippen molar-refractivity contribution in [3.8, 4) is 16.9 Å². The summed E-state index contributed by atoms with van der Waals surface area (Å²) in [7, 11) is 1.54. The molecule has 0 aromatic heterocycles. The predicted octanol–water partition coefficient (Wildman–Crippen LogP) is 4.46. The van der Waals surface area contributed by atoms with Gasteiger partial charge in [0.05, 0.1) is 7.11 Å². The summed E-state index contributed by atoms with van der Waals surface area (Å²) in [6.07, 6.45) is 0. The summed E-state index contributed by atoms with van der Waals surface area (Å²) in [4.78, 5) is 24.1. The van der Waals surface area contributed by atoms with Crippen molar-refractivity contribution in [2.45, 2.75) is 0 Å². The maximum atomic E-state index is 13.2. The molecule has 0 saturated carbocycles. The van der Waals surface area contributed by atoms with Gasteiger partial charge in [-0.25, -0.2) is 9.18 Å². The smallest absolute Gasteiger partial charge is 0.326 e. The van der Waals surface area contributed by atoms with Crippen LogP contribution in [-0.2, 0) is 0 Å². The number of nitrogens with one attached hydrogen (secondary N) is 2. The number of hydrogen-bond donors (Lipinski definition) is 2. The summed E-state index contributed by atoms with van der Waals surface area (Å²) >= 11 is 0. The molecule has 136 valence electrons. The maximum absolute atomic E-state index is 13.2. The van der Waals surface area contributed by atoms with E-state index in [1.807, 2.05) is 36.4 Å². The van der Waals surface area contributed by atoms with E-state index in [2.05, 4.69) is 10.6 Å². The van der Waals surface area contributed by atoms with E-state index >= 15 is 0 Å². The second-order valence-corrected chi connectivity index (χ2v) is 5.70. The quantitative estimate of drug-likeness (QED) is 0.718. The molecule has 3 aromatic carbocycles. The molecule has 0 heterocycles. The lowest BCUT2D eigenvalue weighted by molar-refractivity contribution is 0.0966. The number of imide groups is 1. The lowest BCUT2D eigenvalue weighted by Crippen LogP contribution is -2.34.